The van der Waals surface area contributed by atoms with E-state index in [2.05, 4.69) is 58.1 Å². The summed E-state index contributed by atoms with van der Waals surface area (Å²) < 4.78 is 0. The molecule has 0 atom stereocenters. The Morgan fingerprint density at radius 3 is 2.10 bits per heavy atom. The van der Waals surface area contributed by atoms with Crippen LogP contribution in [-0.2, 0) is 10.8 Å². The van der Waals surface area contributed by atoms with Gasteiger partial charge in [0.05, 0.1) is 0 Å². The number of aromatic amines is 2. The first-order valence-electron chi connectivity index (χ1n) is 7.25. The average molecular weight is 311 g/mol. The number of hydrogen-bond donors (Lipinski definition) is 2. The van der Waals surface area contributed by atoms with Crippen molar-refractivity contribution in [2.45, 2.75) is 64.2 Å². The molecule has 2 rings (SSSR count). The standard InChI is InChI=1S/C14H23ClN6/c1-13(2,10-16-9-17-19-10)7-5-6-8-14(3,4)11-18-12(15)21-20-11/h9H,5-8H2,1-4H3,(H,16,17,19)(H,18,20,21). The van der Waals surface area contributed by atoms with Gasteiger partial charge in [-0.05, 0) is 24.4 Å². The molecule has 2 N–H and O–H groups in total. The zero-order chi connectivity index (χ0) is 15.5. The maximum absolute atomic E-state index is 5.77. The highest BCUT2D eigenvalue weighted by Gasteiger charge is 2.26. The van der Waals surface area contributed by atoms with Gasteiger partial charge < -0.3 is 0 Å². The van der Waals surface area contributed by atoms with Gasteiger partial charge in [-0.3, -0.25) is 10.2 Å². The first-order valence-corrected chi connectivity index (χ1v) is 7.63. The van der Waals surface area contributed by atoms with E-state index in [-0.39, 0.29) is 16.1 Å². The summed E-state index contributed by atoms with van der Waals surface area (Å²) in [5.41, 5.74) is -0.0211. The molecule has 2 aromatic rings. The number of rotatable bonds is 7. The van der Waals surface area contributed by atoms with Crippen molar-refractivity contribution in [3.63, 3.8) is 0 Å². The molecule has 0 unspecified atom stereocenters. The summed E-state index contributed by atoms with van der Waals surface area (Å²) in [5, 5.41) is 14.0. The van der Waals surface area contributed by atoms with Crippen LogP contribution in [0.3, 0.4) is 0 Å². The third-order valence-electron chi connectivity index (χ3n) is 4.01. The highest BCUT2D eigenvalue weighted by atomic mass is 35.5. The fraction of sp³-hybridized carbons (Fsp3) is 0.714. The lowest BCUT2D eigenvalue weighted by Gasteiger charge is -2.24. The SMILES string of the molecule is CC(C)(CCCCC(C)(C)c1nc(Cl)n[nH]1)c1ncn[nH]1. The first kappa shape index (κ1) is 15.9. The van der Waals surface area contributed by atoms with Crippen LogP contribution in [0.4, 0.5) is 0 Å². The number of H-pyrrole nitrogens is 2. The van der Waals surface area contributed by atoms with Gasteiger partial charge in [-0.1, -0.05) is 40.5 Å². The third-order valence-corrected chi connectivity index (χ3v) is 4.18. The van der Waals surface area contributed by atoms with Gasteiger partial charge in [0.1, 0.15) is 18.0 Å². The molecular formula is C14H23ClN6. The summed E-state index contributed by atoms with van der Waals surface area (Å²) in [6, 6.07) is 0. The molecule has 0 spiro atoms. The average Bonchev–Trinajstić information content (AvgIpc) is 3.05. The van der Waals surface area contributed by atoms with Crippen molar-refractivity contribution in [3.05, 3.63) is 23.3 Å². The number of hydrogen-bond acceptors (Lipinski definition) is 4. The van der Waals surface area contributed by atoms with E-state index >= 15 is 0 Å². The molecule has 2 aromatic heterocycles. The van der Waals surface area contributed by atoms with Gasteiger partial charge in [0.25, 0.3) is 0 Å². The molecule has 2 heterocycles. The topological polar surface area (TPSA) is 83.1 Å². The van der Waals surface area contributed by atoms with Gasteiger partial charge in [0.15, 0.2) is 0 Å². The van der Waals surface area contributed by atoms with E-state index in [4.69, 9.17) is 11.6 Å². The molecule has 0 saturated carbocycles. The van der Waals surface area contributed by atoms with Gasteiger partial charge >= 0.3 is 0 Å². The van der Waals surface area contributed by atoms with Crippen molar-refractivity contribution in [3.8, 4) is 0 Å². The molecule has 0 bridgehead atoms. The summed E-state index contributed by atoms with van der Waals surface area (Å²) in [6.07, 6.45) is 5.90. The monoisotopic (exact) mass is 310 g/mol. The lowest BCUT2D eigenvalue weighted by molar-refractivity contribution is 0.383. The Kier molecular flexibility index (Phi) is 4.66. The molecule has 116 valence electrons. The van der Waals surface area contributed by atoms with Crippen LogP contribution < -0.4 is 0 Å². The second-order valence-corrected chi connectivity index (χ2v) is 7.10. The summed E-state index contributed by atoms with van der Waals surface area (Å²) >= 11 is 5.77. The Labute approximate surface area is 130 Å². The summed E-state index contributed by atoms with van der Waals surface area (Å²) in [4.78, 5) is 8.49. The number of aromatic nitrogens is 6. The molecular weight excluding hydrogens is 288 g/mol. The van der Waals surface area contributed by atoms with Crippen molar-refractivity contribution in [1.82, 2.24) is 30.4 Å². The highest BCUT2D eigenvalue weighted by molar-refractivity contribution is 6.28. The quantitative estimate of drug-likeness (QED) is 0.768. The van der Waals surface area contributed by atoms with Crippen molar-refractivity contribution in [1.29, 1.82) is 0 Å². The van der Waals surface area contributed by atoms with Gasteiger partial charge in [-0.25, -0.2) is 9.97 Å². The normalized spacial score (nSPS) is 12.8. The predicted octanol–water partition coefficient (Wildman–Crippen LogP) is 3.39. The molecule has 0 aliphatic carbocycles. The van der Waals surface area contributed by atoms with E-state index in [1.54, 1.807) is 6.33 Å². The Hall–Kier alpha value is -1.43. The van der Waals surface area contributed by atoms with Crippen LogP contribution >= 0.6 is 11.6 Å². The van der Waals surface area contributed by atoms with E-state index in [0.717, 1.165) is 37.3 Å². The zero-order valence-corrected chi connectivity index (χ0v) is 13.8. The molecule has 0 aromatic carbocycles. The van der Waals surface area contributed by atoms with Crippen LogP contribution in [0.15, 0.2) is 6.33 Å². The molecule has 0 aliphatic heterocycles. The molecule has 0 aliphatic rings. The van der Waals surface area contributed by atoms with Crippen molar-refractivity contribution < 1.29 is 0 Å². The fourth-order valence-corrected chi connectivity index (χ4v) is 2.57. The second kappa shape index (κ2) is 6.13. The minimum absolute atomic E-state index is 0.0240. The largest absolute Gasteiger partial charge is 0.263 e. The summed E-state index contributed by atoms with van der Waals surface area (Å²) in [5.74, 6) is 1.80. The zero-order valence-electron chi connectivity index (χ0n) is 13.1. The number of halogens is 1. The molecule has 21 heavy (non-hydrogen) atoms. The van der Waals surface area contributed by atoms with Crippen LogP contribution in [0, 0.1) is 0 Å². The minimum atomic E-state index is -0.0451. The van der Waals surface area contributed by atoms with Gasteiger partial charge in [0, 0.05) is 10.8 Å². The van der Waals surface area contributed by atoms with Crippen LogP contribution in [0.25, 0.3) is 0 Å². The Bertz CT molecular complexity index is 558. The first-order chi connectivity index (χ1) is 9.81. The molecule has 6 nitrogen and oxygen atoms in total. The van der Waals surface area contributed by atoms with Crippen LogP contribution in [0.2, 0.25) is 5.28 Å². The second-order valence-electron chi connectivity index (χ2n) is 6.76. The molecule has 7 heteroatoms. The Morgan fingerprint density at radius 2 is 1.62 bits per heavy atom. The summed E-state index contributed by atoms with van der Waals surface area (Å²) in [6.45, 7) is 8.70. The van der Waals surface area contributed by atoms with E-state index in [1.807, 2.05) is 0 Å². The molecule has 0 saturated heterocycles. The molecule has 0 fully saturated rings. The lowest BCUT2D eigenvalue weighted by atomic mass is 9.82. The van der Waals surface area contributed by atoms with Crippen molar-refractivity contribution >= 4 is 11.6 Å². The van der Waals surface area contributed by atoms with Crippen LogP contribution in [0.1, 0.15) is 65.0 Å². The van der Waals surface area contributed by atoms with Crippen LogP contribution in [-0.4, -0.2) is 30.4 Å². The predicted molar refractivity (Wildman–Crippen MR) is 82.3 cm³/mol. The number of nitrogens with one attached hydrogen (secondary N) is 2. The highest BCUT2D eigenvalue weighted by Crippen LogP contribution is 2.30. The fourth-order valence-electron chi connectivity index (χ4n) is 2.45. The van der Waals surface area contributed by atoms with E-state index in [1.165, 1.54) is 0 Å². The Morgan fingerprint density at radius 1 is 1.00 bits per heavy atom. The Balaban J connectivity index is 1.82. The number of nitrogens with zero attached hydrogens (tertiary/aromatic N) is 4. The smallest absolute Gasteiger partial charge is 0.242 e. The van der Waals surface area contributed by atoms with Crippen LogP contribution in [0.5, 0.6) is 0 Å². The van der Waals surface area contributed by atoms with Crippen molar-refractivity contribution in [2.24, 2.45) is 0 Å². The van der Waals surface area contributed by atoms with E-state index < -0.39 is 0 Å². The third kappa shape index (κ3) is 4.03. The maximum atomic E-state index is 5.77. The van der Waals surface area contributed by atoms with E-state index in [0.29, 0.717) is 0 Å². The maximum Gasteiger partial charge on any atom is 0.242 e. The minimum Gasteiger partial charge on any atom is -0.263 e. The van der Waals surface area contributed by atoms with Crippen molar-refractivity contribution in [2.75, 3.05) is 0 Å². The van der Waals surface area contributed by atoms with Gasteiger partial charge in [-0.2, -0.15) is 5.10 Å². The lowest BCUT2D eigenvalue weighted by Crippen LogP contribution is -2.21. The molecule has 0 amide bonds. The number of unbranched alkanes of at least 4 members (excludes halogenated alkanes) is 1. The molecule has 0 radical (unpaired) electrons. The summed E-state index contributed by atoms with van der Waals surface area (Å²) in [7, 11) is 0. The van der Waals surface area contributed by atoms with Gasteiger partial charge in [-0.15, -0.1) is 5.10 Å². The van der Waals surface area contributed by atoms with E-state index in [9.17, 15) is 0 Å². The van der Waals surface area contributed by atoms with Gasteiger partial charge in [0.2, 0.25) is 5.28 Å².